The van der Waals surface area contributed by atoms with Gasteiger partial charge in [0.05, 0.1) is 5.52 Å². The molecule has 0 spiro atoms. The van der Waals surface area contributed by atoms with Crippen LogP contribution in [-0.4, -0.2) is 17.4 Å². The SMILES string of the molecule is Cc1[nH]c2c(F)ccc(C)c2c1CCNC(=O)/C=C/c1cccc2ccccc12. The summed E-state index contributed by atoms with van der Waals surface area (Å²) in [6.45, 7) is 4.41. The van der Waals surface area contributed by atoms with Crippen molar-refractivity contribution in [1.82, 2.24) is 10.3 Å². The number of hydrogen-bond acceptors (Lipinski definition) is 1. The first kappa shape index (κ1) is 18.9. The van der Waals surface area contributed by atoms with E-state index < -0.39 is 0 Å². The maximum atomic E-state index is 14.1. The number of fused-ring (bicyclic) bond motifs is 2. The third-order valence-electron chi connectivity index (χ3n) is 5.34. The summed E-state index contributed by atoms with van der Waals surface area (Å²) in [6.07, 6.45) is 4.05. The Bertz CT molecular complexity index is 1230. The van der Waals surface area contributed by atoms with Gasteiger partial charge in [0.25, 0.3) is 0 Å². The number of aromatic nitrogens is 1. The average molecular weight is 386 g/mol. The number of carbonyl (C=O) groups excluding carboxylic acids is 1. The Morgan fingerprint density at radius 1 is 1.07 bits per heavy atom. The van der Waals surface area contributed by atoms with Gasteiger partial charge >= 0.3 is 0 Å². The quantitative estimate of drug-likeness (QED) is 0.440. The lowest BCUT2D eigenvalue weighted by Gasteiger charge is -2.06. The maximum absolute atomic E-state index is 14.1. The number of halogens is 1. The number of hydrogen-bond donors (Lipinski definition) is 2. The highest BCUT2D eigenvalue weighted by atomic mass is 19.1. The molecule has 0 atom stereocenters. The molecule has 0 saturated heterocycles. The molecule has 4 rings (SSSR count). The van der Waals surface area contributed by atoms with Crippen LogP contribution in [-0.2, 0) is 11.2 Å². The van der Waals surface area contributed by atoms with Gasteiger partial charge in [0, 0.05) is 23.7 Å². The molecule has 29 heavy (non-hydrogen) atoms. The molecule has 1 heterocycles. The summed E-state index contributed by atoms with van der Waals surface area (Å²) in [5.41, 5.74) is 4.57. The number of nitrogens with one attached hydrogen (secondary N) is 2. The van der Waals surface area contributed by atoms with Crippen molar-refractivity contribution in [3.63, 3.8) is 0 Å². The van der Waals surface area contributed by atoms with E-state index in [1.807, 2.05) is 50.3 Å². The molecular weight excluding hydrogens is 363 g/mol. The molecule has 146 valence electrons. The lowest BCUT2D eigenvalue weighted by atomic mass is 10.0. The molecule has 3 nitrogen and oxygen atoms in total. The predicted octanol–water partition coefficient (Wildman–Crippen LogP) is 5.45. The van der Waals surface area contributed by atoms with E-state index >= 15 is 0 Å². The number of amides is 1. The van der Waals surface area contributed by atoms with E-state index in [1.165, 1.54) is 6.07 Å². The fourth-order valence-electron chi connectivity index (χ4n) is 3.89. The lowest BCUT2D eigenvalue weighted by molar-refractivity contribution is -0.116. The van der Waals surface area contributed by atoms with Crippen molar-refractivity contribution in [2.45, 2.75) is 20.3 Å². The molecule has 0 unspecified atom stereocenters. The molecule has 2 N–H and O–H groups in total. The third-order valence-corrected chi connectivity index (χ3v) is 5.34. The average Bonchev–Trinajstić information content (AvgIpc) is 3.07. The van der Waals surface area contributed by atoms with Crippen molar-refractivity contribution < 1.29 is 9.18 Å². The largest absolute Gasteiger partial charge is 0.356 e. The number of aromatic amines is 1. The summed E-state index contributed by atoms with van der Waals surface area (Å²) in [5.74, 6) is -0.389. The van der Waals surface area contributed by atoms with E-state index in [9.17, 15) is 9.18 Å². The number of benzene rings is 3. The standard InChI is InChI=1S/C25H23FN2O/c1-16-10-12-22(26)25-24(16)20(17(2)28-25)14-15-27-23(29)13-11-19-8-5-7-18-6-3-4-9-21(18)19/h3-13,28H,14-15H2,1-2H3,(H,27,29)/b13-11+. The van der Waals surface area contributed by atoms with E-state index in [-0.39, 0.29) is 11.7 Å². The number of H-pyrrole nitrogens is 1. The number of carbonyl (C=O) groups is 1. The summed E-state index contributed by atoms with van der Waals surface area (Å²) < 4.78 is 14.1. The second kappa shape index (κ2) is 7.92. The van der Waals surface area contributed by atoms with Crippen molar-refractivity contribution in [3.05, 3.63) is 88.9 Å². The molecule has 0 aliphatic heterocycles. The first-order chi connectivity index (χ1) is 14.0. The normalized spacial score (nSPS) is 11.6. The minimum absolute atomic E-state index is 0.140. The Morgan fingerprint density at radius 2 is 1.86 bits per heavy atom. The van der Waals surface area contributed by atoms with Gasteiger partial charge in [-0.15, -0.1) is 0 Å². The Balaban J connectivity index is 1.44. The van der Waals surface area contributed by atoms with E-state index in [4.69, 9.17) is 0 Å². The smallest absolute Gasteiger partial charge is 0.244 e. The van der Waals surface area contributed by atoms with Crippen LogP contribution >= 0.6 is 0 Å². The van der Waals surface area contributed by atoms with Crippen molar-refractivity contribution in [1.29, 1.82) is 0 Å². The first-order valence-corrected chi connectivity index (χ1v) is 9.74. The molecule has 4 heteroatoms. The van der Waals surface area contributed by atoms with E-state index in [0.717, 1.165) is 38.5 Å². The summed E-state index contributed by atoms with van der Waals surface area (Å²) in [4.78, 5) is 15.4. The van der Waals surface area contributed by atoms with Crippen molar-refractivity contribution >= 4 is 33.7 Å². The van der Waals surface area contributed by atoms with Crippen LogP contribution in [0.4, 0.5) is 4.39 Å². The second-order valence-corrected chi connectivity index (χ2v) is 7.29. The Kier molecular flexibility index (Phi) is 5.17. The van der Waals surface area contributed by atoms with Crippen LogP contribution in [0.25, 0.3) is 27.8 Å². The zero-order valence-corrected chi connectivity index (χ0v) is 16.6. The van der Waals surface area contributed by atoms with E-state index in [2.05, 4.69) is 22.4 Å². The van der Waals surface area contributed by atoms with Crippen LogP contribution in [0.5, 0.6) is 0 Å². The van der Waals surface area contributed by atoms with Gasteiger partial charge in [-0.05, 0) is 59.9 Å². The van der Waals surface area contributed by atoms with Gasteiger partial charge in [0.2, 0.25) is 5.91 Å². The molecule has 1 aromatic heterocycles. The first-order valence-electron chi connectivity index (χ1n) is 9.74. The zero-order valence-electron chi connectivity index (χ0n) is 16.6. The molecule has 4 aromatic rings. The highest BCUT2D eigenvalue weighted by molar-refractivity contribution is 5.96. The molecule has 0 bridgehead atoms. The fraction of sp³-hybridized carbons (Fsp3) is 0.160. The van der Waals surface area contributed by atoms with Crippen LogP contribution in [0.15, 0.2) is 60.7 Å². The second-order valence-electron chi connectivity index (χ2n) is 7.29. The van der Waals surface area contributed by atoms with Crippen LogP contribution in [0.1, 0.15) is 22.4 Å². The topological polar surface area (TPSA) is 44.9 Å². The summed E-state index contributed by atoms with van der Waals surface area (Å²) in [7, 11) is 0. The zero-order chi connectivity index (χ0) is 20.4. The van der Waals surface area contributed by atoms with Gasteiger partial charge in [-0.3, -0.25) is 4.79 Å². The van der Waals surface area contributed by atoms with Crippen molar-refractivity contribution in [3.8, 4) is 0 Å². The number of rotatable bonds is 5. The van der Waals surface area contributed by atoms with Crippen LogP contribution < -0.4 is 5.32 Å². The molecular formula is C25H23FN2O. The van der Waals surface area contributed by atoms with Gasteiger partial charge in [-0.2, -0.15) is 0 Å². The maximum Gasteiger partial charge on any atom is 0.244 e. The predicted molar refractivity (Wildman–Crippen MR) is 117 cm³/mol. The van der Waals surface area contributed by atoms with Gasteiger partial charge < -0.3 is 10.3 Å². The molecule has 0 radical (unpaired) electrons. The monoisotopic (exact) mass is 386 g/mol. The minimum Gasteiger partial charge on any atom is -0.356 e. The Morgan fingerprint density at radius 3 is 2.72 bits per heavy atom. The molecule has 0 aliphatic carbocycles. The Hall–Kier alpha value is -3.40. The molecule has 0 aliphatic rings. The van der Waals surface area contributed by atoms with Crippen molar-refractivity contribution in [2.24, 2.45) is 0 Å². The van der Waals surface area contributed by atoms with E-state index in [1.54, 1.807) is 12.1 Å². The highest BCUT2D eigenvalue weighted by Crippen LogP contribution is 2.27. The van der Waals surface area contributed by atoms with Crippen LogP contribution in [0.3, 0.4) is 0 Å². The molecule has 3 aromatic carbocycles. The van der Waals surface area contributed by atoms with Gasteiger partial charge in [0.1, 0.15) is 5.82 Å². The molecule has 1 amide bonds. The van der Waals surface area contributed by atoms with Gasteiger partial charge in [0.15, 0.2) is 0 Å². The molecule has 0 saturated carbocycles. The van der Waals surface area contributed by atoms with Gasteiger partial charge in [-0.25, -0.2) is 4.39 Å². The minimum atomic E-state index is -0.248. The highest BCUT2D eigenvalue weighted by Gasteiger charge is 2.13. The van der Waals surface area contributed by atoms with Gasteiger partial charge in [-0.1, -0.05) is 48.5 Å². The Labute approximate surface area is 169 Å². The fourth-order valence-corrected chi connectivity index (χ4v) is 3.89. The van der Waals surface area contributed by atoms with Crippen LogP contribution in [0.2, 0.25) is 0 Å². The van der Waals surface area contributed by atoms with E-state index in [0.29, 0.717) is 18.5 Å². The van der Waals surface area contributed by atoms with Crippen LogP contribution in [0, 0.1) is 19.7 Å². The lowest BCUT2D eigenvalue weighted by Crippen LogP contribution is -2.23. The van der Waals surface area contributed by atoms with Crippen molar-refractivity contribution in [2.75, 3.05) is 6.54 Å². The summed E-state index contributed by atoms with van der Waals surface area (Å²) in [5, 5.41) is 6.11. The summed E-state index contributed by atoms with van der Waals surface area (Å²) in [6, 6.07) is 17.4. The summed E-state index contributed by atoms with van der Waals surface area (Å²) >= 11 is 0. The molecule has 0 fully saturated rings. The number of aryl methyl sites for hydroxylation is 2. The third kappa shape index (κ3) is 3.79.